The Kier molecular flexibility index (Phi) is 6.30. The van der Waals surface area contributed by atoms with E-state index in [1.54, 1.807) is 11.3 Å². The molecule has 212 valence electrons. The maximum absolute atomic E-state index is 6.52. The van der Waals surface area contributed by atoms with E-state index in [0.29, 0.717) is 0 Å². The zero-order valence-electron chi connectivity index (χ0n) is 25.6. The summed E-state index contributed by atoms with van der Waals surface area (Å²) in [5.41, 5.74) is 6.61. The molecule has 2 fully saturated rings. The van der Waals surface area contributed by atoms with Crippen LogP contribution in [0.15, 0.2) is 72.9 Å². The summed E-state index contributed by atoms with van der Waals surface area (Å²) < 4.78 is 26.7. The van der Waals surface area contributed by atoms with Gasteiger partial charge >= 0.3 is 14.2 Å². The van der Waals surface area contributed by atoms with Gasteiger partial charge in [-0.2, -0.15) is 0 Å². The van der Waals surface area contributed by atoms with E-state index in [0.717, 1.165) is 20.8 Å². The quantitative estimate of drug-likeness (QED) is 0.305. The van der Waals surface area contributed by atoms with Crippen molar-refractivity contribution in [1.29, 1.82) is 0 Å². The Hall–Kier alpha value is -2.68. The highest BCUT2D eigenvalue weighted by Gasteiger charge is 2.53. The minimum Gasteiger partial charge on any atom is -0.399 e. The van der Waals surface area contributed by atoms with Crippen molar-refractivity contribution >= 4 is 58.9 Å². The molecule has 5 heterocycles. The lowest BCUT2D eigenvalue weighted by Crippen LogP contribution is -2.49. The van der Waals surface area contributed by atoms with Gasteiger partial charge in [-0.3, -0.25) is 4.98 Å². The average molecular weight is 575 g/mol. The van der Waals surface area contributed by atoms with E-state index in [9.17, 15) is 0 Å². The van der Waals surface area contributed by atoms with Gasteiger partial charge in [-0.1, -0.05) is 71.6 Å². The van der Waals surface area contributed by atoms with Gasteiger partial charge < -0.3 is 18.6 Å². The molecule has 2 aromatic heterocycles. The van der Waals surface area contributed by atoms with Gasteiger partial charge in [0.2, 0.25) is 6.71 Å². The molecular weight excluding hydrogens is 539 g/mol. The van der Waals surface area contributed by atoms with Crippen molar-refractivity contribution < 1.29 is 18.6 Å². The number of hydrogen-bond acceptors (Lipinski definition) is 6. The largest absolute Gasteiger partial charge is 0.505 e. The topological polar surface area (TPSA) is 49.8 Å². The first-order valence-electron chi connectivity index (χ1n) is 14.8. The third kappa shape index (κ3) is 4.28. The molecule has 3 aliphatic heterocycles. The van der Waals surface area contributed by atoms with Crippen molar-refractivity contribution in [2.24, 2.45) is 0 Å². The van der Waals surface area contributed by atoms with E-state index in [1.807, 2.05) is 6.20 Å². The van der Waals surface area contributed by atoms with Crippen LogP contribution in [0.4, 0.5) is 0 Å². The van der Waals surface area contributed by atoms with Crippen molar-refractivity contribution in [2.75, 3.05) is 0 Å². The third-order valence-corrected chi connectivity index (χ3v) is 11.1. The van der Waals surface area contributed by atoms with E-state index >= 15 is 0 Å². The fourth-order valence-corrected chi connectivity index (χ4v) is 7.20. The molecule has 7 rings (SSSR count). The second-order valence-electron chi connectivity index (χ2n) is 13.7. The predicted molar refractivity (Wildman–Crippen MR) is 176 cm³/mol. The maximum Gasteiger partial charge on any atom is 0.505 e. The molecule has 9 heteroatoms. The molecule has 0 bridgehead atoms. The summed E-state index contributed by atoms with van der Waals surface area (Å²) in [4.78, 5) is 6.12. The number of pyridine rings is 1. The Morgan fingerprint density at radius 2 is 1.10 bits per heavy atom. The maximum atomic E-state index is 6.52. The van der Waals surface area contributed by atoms with Gasteiger partial charge in [0.05, 0.1) is 28.1 Å². The Labute approximate surface area is 254 Å². The van der Waals surface area contributed by atoms with Crippen molar-refractivity contribution in [3.63, 3.8) is 0 Å². The van der Waals surface area contributed by atoms with Gasteiger partial charge in [0.1, 0.15) is 0 Å². The summed E-state index contributed by atoms with van der Waals surface area (Å²) in [6.07, 6.45) is 1.89. The number of benzene rings is 2. The Morgan fingerprint density at radius 3 is 1.60 bits per heavy atom. The molecule has 0 N–H and O–H groups in total. The number of thiophene rings is 1. The normalized spacial score (nSPS) is 21.1. The van der Waals surface area contributed by atoms with E-state index in [1.165, 1.54) is 27.5 Å². The molecule has 0 amide bonds. The molecule has 5 nitrogen and oxygen atoms in total. The number of aromatic nitrogens is 1. The number of hydrogen-bond donors (Lipinski definition) is 0. The highest BCUT2D eigenvalue weighted by atomic mass is 32.1. The van der Waals surface area contributed by atoms with Crippen LogP contribution < -0.4 is 26.6 Å². The van der Waals surface area contributed by atoms with Gasteiger partial charge in [-0.25, -0.2) is 0 Å². The van der Waals surface area contributed by atoms with Gasteiger partial charge in [0, 0.05) is 21.3 Å². The standard InChI is InChI=1S/C33H36B3NO4S/c1-30(2)31(3,4)39-35(38-30)21-17-18-27(37-20-21)29-26(19-28(42-29)36-40-32(5,6)33(7,8)41-36)34-24-15-11-9-13-22(24)23-14-10-12-16-25(23)34/h9-20H,1-8H3. The molecular formula is C33H36B3NO4S. The van der Waals surface area contributed by atoms with Crippen molar-refractivity contribution in [2.45, 2.75) is 77.8 Å². The van der Waals surface area contributed by atoms with Crippen LogP contribution >= 0.6 is 11.3 Å². The smallest absolute Gasteiger partial charge is 0.399 e. The molecule has 42 heavy (non-hydrogen) atoms. The van der Waals surface area contributed by atoms with Crippen LogP contribution in [0, 0.1) is 0 Å². The fourth-order valence-electron chi connectivity index (χ4n) is 6.06. The number of rotatable bonds is 4. The van der Waals surface area contributed by atoms with E-state index in [4.69, 9.17) is 23.6 Å². The first kappa shape index (κ1) is 28.1. The van der Waals surface area contributed by atoms with Crippen LogP contribution in [-0.4, -0.2) is 48.3 Å². The number of nitrogens with zero attached hydrogens (tertiary/aromatic N) is 1. The van der Waals surface area contributed by atoms with Crippen molar-refractivity contribution in [1.82, 2.24) is 4.98 Å². The van der Waals surface area contributed by atoms with Crippen LogP contribution in [0.3, 0.4) is 0 Å². The predicted octanol–water partition coefficient (Wildman–Crippen LogP) is 3.91. The second-order valence-corrected chi connectivity index (χ2v) is 14.8. The molecule has 0 radical (unpaired) electrons. The van der Waals surface area contributed by atoms with E-state index in [2.05, 4.69) is 122 Å². The molecule has 3 aliphatic rings. The van der Waals surface area contributed by atoms with E-state index in [-0.39, 0.29) is 6.71 Å². The first-order valence-corrected chi connectivity index (χ1v) is 15.6. The molecule has 2 aromatic carbocycles. The summed E-state index contributed by atoms with van der Waals surface area (Å²) >= 11 is 1.71. The summed E-state index contributed by atoms with van der Waals surface area (Å²) in [6.45, 7) is 16.8. The first-order chi connectivity index (χ1) is 19.8. The third-order valence-electron chi connectivity index (χ3n) is 9.95. The molecule has 0 aliphatic carbocycles. The summed E-state index contributed by atoms with van der Waals surface area (Å²) in [6, 6.07) is 23.9. The van der Waals surface area contributed by atoms with Gasteiger partial charge in [-0.05, 0) is 78.0 Å². The van der Waals surface area contributed by atoms with Crippen LogP contribution in [-0.2, 0) is 18.6 Å². The molecule has 4 aromatic rings. The number of fused-ring (bicyclic) bond motifs is 3. The zero-order valence-corrected chi connectivity index (χ0v) is 26.5. The summed E-state index contributed by atoms with van der Waals surface area (Å²) in [5, 5.41) is 0. The Morgan fingerprint density at radius 1 is 0.595 bits per heavy atom. The van der Waals surface area contributed by atoms with Gasteiger partial charge in [0.25, 0.3) is 0 Å². The molecule has 0 saturated carbocycles. The SMILES string of the molecule is CC1(C)OB(c2ccc(-c3sc(B4OC(C)(C)C(C)(C)O4)cc3B3c4ccccc4-c4ccccc43)nc2)OC1(C)C. The lowest BCUT2D eigenvalue weighted by atomic mass is 9.38. The fraction of sp³-hybridized carbons (Fsp3) is 0.364. The Balaban J connectivity index is 1.33. The second kappa shape index (κ2) is 9.41. The lowest BCUT2D eigenvalue weighted by molar-refractivity contribution is 0.00578. The van der Waals surface area contributed by atoms with E-state index < -0.39 is 36.6 Å². The summed E-state index contributed by atoms with van der Waals surface area (Å²) in [5.74, 6) is 0. The minimum absolute atomic E-state index is 0.0874. The zero-order chi connectivity index (χ0) is 29.7. The minimum atomic E-state index is -0.451. The van der Waals surface area contributed by atoms with Crippen LogP contribution in [0.25, 0.3) is 21.7 Å². The Bertz CT molecular complexity index is 1600. The van der Waals surface area contributed by atoms with Gasteiger partial charge in [0.15, 0.2) is 0 Å². The molecule has 2 saturated heterocycles. The van der Waals surface area contributed by atoms with Crippen molar-refractivity contribution in [3.05, 3.63) is 72.9 Å². The van der Waals surface area contributed by atoms with Crippen LogP contribution in [0.2, 0.25) is 0 Å². The summed E-state index contributed by atoms with van der Waals surface area (Å²) in [7, 11) is -0.892. The van der Waals surface area contributed by atoms with Crippen LogP contribution in [0.1, 0.15) is 55.4 Å². The monoisotopic (exact) mass is 575 g/mol. The van der Waals surface area contributed by atoms with Gasteiger partial charge in [-0.15, -0.1) is 11.3 Å². The molecule has 0 atom stereocenters. The van der Waals surface area contributed by atoms with Crippen LogP contribution in [0.5, 0.6) is 0 Å². The highest BCUT2D eigenvalue weighted by molar-refractivity contribution is 7.27. The lowest BCUT2D eigenvalue weighted by Gasteiger charge is -2.32. The molecule has 0 unspecified atom stereocenters. The average Bonchev–Trinajstić information content (AvgIpc) is 3.62. The molecule has 0 spiro atoms. The van der Waals surface area contributed by atoms with Crippen molar-refractivity contribution in [3.8, 4) is 21.7 Å². The highest BCUT2D eigenvalue weighted by Crippen LogP contribution is 2.38.